The maximum Gasteiger partial charge on any atom is 0.0727 e. The van der Waals surface area contributed by atoms with E-state index in [0.29, 0.717) is 0 Å². The van der Waals surface area contributed by atoms with Crippen LogP contribution in [0, 0.1) is 0 Å². The number of para-hydroxylation sites is 1. The second kappa shape index (κ2) is 19.3. The molecule has 12 aromatic carbocycles. The number of fused-ring (bicyclic) bond motifs is 10. The third-order valence-corrected chi connectivity index (χ3v) is 15.5. The Morgan fingerprint density at radius 2 is 0.421 bits per heavy atom. The van der Waals surface area contributed by atoms with Crippen molar-refractivity contribution >= 4 is 34.1 Å². The Bertz CT molecular complexity index is 3870. The molecule has 14 rings (SSSR count). The molecule has 0 amide bonds. The first-order valence-corrected chi connectivity index (χ1v) is 25.9. The van der Waals surface area contributed by atoms with E-state index in [2.05, 4.69) is 313 Å². The Morgan fingerprint density at radius 1 is 0.184 bits per heavy atom. The van der Waals surface area contributed by atoms with Gasteiger partial charge in [-0.2, -0.15) is 0 Å². The first kappa shape index (κ1) is 46.1. The van der Waals surface area contributed by atoms with Crippen molar-refractivity contribution in [3.8, 4) is 66.8 Å². The highest BCUT2D eigenvalue weighted by Crippen LogP contribution is 2.64. The zero-order valence-electron chi connectivity index (χ0n) is 41.3. The zero-order valence-corrected chi connectivity index (χ0v) is 41.3. The minimum Gasteiger partial charge on any atom is -0.310 e. The van der Waals surface area contributed by atoms with Crippen molar-refractivity contribution in [2.75, 3.05) is 9.80 Å². The van der Waals surface area contributed by atoms with E-state index in [4.69, 9.17) is 0 Å². The molecule has 12 aromatic rings. The molecular weight excluding hydrogens is 917 g/mol. The average Bonchev–Trinajstić information content (AvgIpc) is 4.07. The minimum absolute atomic E-state index is 0. The van der Waals surface area contributed by atoms with Crippen LogP contribution in [0.4, 0.5) is 34.1 Å². The van der Waals surface area contributed by atoms with Crippen LogP contribution in [0.2, 0.25) is 0 Å². The van der Waals surface area contributed by atoms with Crippen LogP contribution in [-0.4, -0.2) is 0 Å². The molecule has 0 bridgehead atoms. The fraction of sp³-hybridized carbons (Fsp3) is 0.0270. The summed E-state index contributed by atoms with van der Waals surface area (Å²) in [5, 5.41) is 0. The summed E-state index contributed by atoms with van der Waals surface area (Å²) in [4.78, 5) is 4.84. The third-order valence-electron chi connectivity index (χ3n) is 15.5. The van der Waals surface area contributed by atoms with E-state index in [1.807, 2.05) is 0 Å². The Labute approximate surface area is 446 Å². The van der Waals surface area contributed by atoms with E-state index < -0.39 is 5.41 Å². The molecule has 0 radical (unpaired) electrons. The van der Waals surface area contributed by atoms with Crippen LogP contribution >= 0.6 is 0 Å². The Morgan fingerprint density at radius 3 is 0.763 bits per heavy atom. The average molecular weight is 971 g/mol. The summed E-state index contributed by atoms with van der Waals surface area (Å²) >= 11 is 0. The third kappa shape index (κ3) is 7.74. The fourth-order valence-corrected chi connectivity index (χ4v) is 12.0. The first-order valence-electron chi connectivity index (χ1n) is 25.9. The molecule has 2 nitrogen and oxygen atoms in total. The maximum absolute atomic E-state index is 2.49. The highest BCUT2D eigenvalue weighted by Gasteiger charge is 2.52. The highest BCUT2D eigenvalue weighted by atomic mass is 15.1. The molecule has 0 unspecified atom stereocenters. The summed E-state index contributed by atoms with van der Waals surface area (Å²) in [7, 11) is 0. The van der Waals surface area contributed by atoms with Crippen LogP contribution in [0.1, 0.15) is 29.7 Å². The molecule has 0 fully saturated rings. The molecule has 1 spiro atoms. The lowest BCUT2D eigenvalue weighted by Gasteiger charge is -2.33. The van der Waals surface area contributed by atoms with Crippen molar-refractivity contribution in [3.63, 3.8) is 0 Å². The molecule has 0 heterocycles. The van der Waals surface area contributed by atoms with Gasteiger partial charge < -0.3 is 9.80 Å². The number of rotatable bonds is 10. The summed E-state index contributed by atoms with van der Waals surface area (Å²) in [6.45, 7) is 0. The van der Waals surface area contributed by atoms with Crippen LogP contribution < -0.4 is 9.80 Å². The second-order valence-corrected chi connectivity index (χ2v) is 19.6. The van der Waals surface area contributed by atoms with E-state index in [1.54, 1.807) is 0 Å². The maximum atomic E-state index is 2.49. The van der Waals surface area contributed by atoms with Gasteiger partial charge in [0.05, 0.1) is 5.41 Å². The lowest BCUT2D eigenvalue weighted by atomic mass is 9.70. The molecule has 76 heavy (non-hydrogen) atoms. The van der Waals surface area contributed by atoms with Crippen molar-refractivity contribution in [1.82, 2.24) is 0 Å². The molecule has 0 aromatic heterocycles. The van der Waals surface area contributed by atoms with Crippen molar-refractivity contribution in [3.05, 3.63) is 326 Å². The summed E-state index contributed by atoms with van der Waals surface area (Å²) < 4.78 is 0. The van der Waals surface area contributed by atoms with E-state index >= 15 is 0 Å². The lowest BCUT2D eigenvalue weighted by Crippen LogP contribution is -2.26. The predicted octanol–water partition coefficient (Wildman–Crippen LogP) is 20.3. The molecule has 0 saturated carbocycles. The quantitative estimate of drug-likeness (QED) is 0.135. The second-order valence-electron chi connectivity index (χ2n) is 19.6. The number of anilines is 6. The van der Waals surface area contributed by atoms with Gasteiger partial charge >= 0.3 is 0 Å². The van der Waals surface area contributed by atoms with Crippen LogP contribution in [0.25, 0.3) is 66.8 Å². The van der Waals surface area contributed by atoms with Gasteiger partial charge in [-0.3, -0.25) is 0 Å². The van der Waals surface area contributed by atoms with Crippen LogP contribution in [0.15, 0.2) is 303 Å². The summed E-state index contributed by atoms with van der Waals surface area (Å²) in [6.07, 6.45) is 0. The summed E-state index contributed by atoms with van der Waals surface area (Å²) in [6, 6.07) is 111. The zero-order chi connectivity index (χ0) is 49.7. The van der Waals surface area contributed by atoms with Crippen molar-refractivity contribution in [2.45, 2.75) is 12.8 Å². The van der Waals surface area contributed by atoms with Gasteiger partial charge in [0.25, 0.3) is 0 Å². The monoisotopic (exact) mass is 970 g/mol. The largest absolute Gasteiger partial charge is 0.310 e. The normalized spacial score (nSPS) is 12.2. The fourth-order valence-electron chi connectivity index (χ4n) is 12.0. The van der Waals surface area contributed by atoms with Crippen LogP contribution in [-0.2, 0) is 5.41 Å². The molecular formula is C74H54N2. The number of benzene rings is 12. The summed E-state index contributed by atoms with van der Waals surface area (Å²) in [5.74, 6) is 0. The lowest BCUT2D eigenvalue weighted by molar-refractivity contribution is 0.793. The van der Waals surface area contributed by atoms with Crippen LogP contribution in [0.3, 0.4) is 0 Å². The Balaban J connectivity index is 0.00000553. The summed E-state index contributed by atoms with van der Waals surface area (Å²) in [5.41, 5.74) is 25.8. The van der Waals surface area contributed by atoms with Gasteiger partial charge in [0, 0.05) is 34.1 Å². The van der Waals surface area contributed by atoms with Crippen molar-refractivity contribution in [1.29, 1.82) is 0 Å². The van der Waals surface area contributed by atoms with Crippen molar-refractivity contribution < 1.29 is 0 Å². The number of hydrogen-bond acceptors (Lipinski definition) is 2. The molecule has 0 atom stereocenters. The molecule has 0 saturated heterocycles. The molecule has 360 valence electrons. The SMILES string of the molecule is C.c1ccc(-c2ccc(-c3ccc(N(c4ccccc4)c4ccc5c(c4)C4(c6ccccc6-c6ccccc64)c4cc(N(c6ccc(-c7ccccc7)cc6)c6ccc(-c7ccccc7)cc6)ccc4-5)cc3)cc2)cc1. The van der Waals surface area contributed by atoms with E-state index in [0.717, 1.165) is 34.1 Å². The number of nitrogens with zero attached hydrogens (tertiary/aromatic N) is 2. The Kier molecular flexibility index (Phi) is 11.7. The van der Waals surface area contributed by atoms with Gasteiger partial charge in [-0.15, -0.1) is 0 Å². The van der Waals surface area contributed by atoms with Crippen molar-refractivity contribution in [2.24, 2.45) is 0 Å². The van der Waals surface area contributed by atoms with E-state index in [-0.39, 0.29) is 7.43 Å². The van der Waals surface area contributed by atoms with Crippen LogP contribution in [0.5, 0.6) is 0 Å². The predicted molar refractivity (Wildman–Crippen MR) is 321 cm³/mol. The standard InChI is InChI=1S/C73H50N2.CH4/c1-5-17-51(18-6-1)54-29-31-55(32-30-54)58-37-43-60(44-38-58)74(59-23-11-4-12-24-59)63-45-47-67-68-48-46-64(50-72(68)73(71(67)49-63)69-27-15-13-25-65(69)66-26-14-16-28-70(66)73)75(61-39-33-56(34-40-61)52-19-7-2-8-20-52)62-41-35-57(36-42-62)53-21-9-3-10-22-53;/h1-50H;1H4. The molecule has 0 N–H and O–H groups in total. The first-order chi connectivity index (χ1) is 37.2. The molecule has 0 aliphatic heterocycles. The number of hydrogen-bond donors (Lipinski definition) is 0. The molecule has 2 aliphatic carbocycles. The van der Waals surface area contributed by atoms with Gasteiger partial charge in [-0.05, 0) is 162 Å². The molecule has 2 heteroatoms. The van der Waals surface area contributed by atoms with Gasteiger partial charge in [0.2, 0.25) is 0 Å². The van der Waals surface area contributed by atoms with E-state index in [9.17, 15) is 0 Å². The minimum atomic E-state index is -0.595. The molecule has 2 aliphatic rings. The van der Waals surface area contributed by atoms with Gasteiger partial charge in [-0.25, -0.2) is 0 Å². The topological polar surface area (TPSA) is 6.48 Å². The van der Waals surface area contributed by atoms with Gasteiger partial charge in [0.15, 0.2) is 0 Å². The van der Waals surface area contributed by atoms with Gasteiger partial charge in [-0.1, -0.05) is 238 Å². The smallest absolute Gasteiger partial charge is 0.0727 e. The van der Waals surface area contributed by atoms with E-state index in [1.165, 1.54) is 89.0 Å². The Hall–Kier alpha value is -9.76. The van der Waals surface area contributed by atoms with Gasteiger partial charge in [0.1, 0.15) is 0 Å². The highest BCUT2D eigenvalue weighted by molar-refractivity contribution is 5.98.